The molecule has 3 heterocycles. The first-order valence-corrected chi connectivity index (χ1v) is 11.4. The number of benzene rings is 2. The van der Waals surface area contributed by atoms with E-state index in [-0.39, 0.29) is 17.8 Å². The third-order valence-electron chi connectivity index (χ3n) is 5.58. The van der Waals surface area contributed by atoms with E-state index in [1.165, 1.54) is 6.07 Å². The van der Waals surface area contributed by atoms with Crippen LogP contribution in [0.25, 0.3) is 10.2 Å². The first-order valence-electron chi connectivity index (χ1n) is 10.5. The summed E-state index contributed by atoms with van der Waals surface area (Å²) in [7, 11) is 0. The van der Waals surface area contributed by atoms with Gasteiger partial charge in [0.05, 0.1) is 34.1 Å². The number of carbonyl (C=O) groups is 1. The van der Waals surface area contributed by atoms with E-state index in [1.807, 2.05) is 54.3 Å². The van der Waals surface area contributed by atoms with Gasteiger partial charge in [0.25, 0.3) is 5.91 Å². The third-order valence-corrected chi connectivity index (χ3v) is 6.52. The Balaban J connectivity index is 1.33. The van der Waals surface area contributed by atoms with Crippen LogP contribution in [0.4, 0.5) is 4.39 Å². The van der Waals surface area contributed by atoms with Crippen LogP contribution >= 0.6 is 11.3 Å². The van der Waals surface area contributed by atoms with Gasteiger partial charge >= 0.3 is 0 Å². The maximum atomic E-state index is 14.0. The van der Waals surface area contributed by atoms with Gasteiger partial charge in [0.15, 0.2) is 0 Å². The average Bonchev–Trinajstić information content (AvgIpc) is 3.19. The molecule has 5 nitrogen and oxygen atoms in total. The molecule has 1 unspecified atom stereocenters. The van der Waals surface area contributed by atoms with E-state index in [2.05, 4.69) is 4.98 Å². The van der Waals surface area contributed by atoms with Crippen molar-refractivity contribution in [2.45, 2.75) is 19.4 Å². The molecule has 2 aromatic heterocycles. The third kappa shape index (κ3) is 4.26. The van der Waals surface area contributed by atoms with Crippen LogP contribution in [0.1, 0.15) is 38.4 Å². The Kier molecular flexibility index (Phi) is 5.68. The minimum Gasteiger partial charge on any atom is -0.368 e. The molecule has 0 bridgehead atoms. The van der Waals surface area contributed by atoms with Crippen LogP contribution in [0.2, 0.25) is 0 Å². The fraction of sp³-hybridized carbons (Fsp3) is 0.240. The van der Waals surface area contributed by atoms with Gasteiger partial charge in [-0.1, -0.05) is 24.3 Å². The summed E-state index contributed by atoms with van der Waals surface area (Å²) in [5.41, 5.74) is 3.70. The highest BCUT2D eigenvalue weighted by Gasteiger charge is 2.27. The normalized spacial score (nSPS) is 16.4. The average molecular weight is 448 g/mol. The Morgan fingerprint density at radius 2 is 2.03 bits per heavy atom. The van der Waals surface area contributed by atoms with Crippen molar-refractivity contribution in [3.8, 4) is 0 Å². The summed E-state index contributed by atoms with van der Waals surface area (Å²) in [6.45, 7) is 3.36. The van der Waals surface area contributed by atoms with Crippen molar-refractivity contribution in [3.63, 3.8) is 0 Å². The summed E-state index contributed by atoms with van der Waals surface area (Å²) in [6.07, 6.45) is 0.0899. The molecule has 0 spiro atoms. The summed E-state index contributed by atoms with van der Waals surface area (Å²) in [5, 5.41) is 0.984. The molecule has 4 aromatic rings. The fourth-order valence-electron chi connectivity index (χ4n) is 3.98. The van der Waals surface area contributed by atoms with Crippen LogP contribution < -0.4 is 0 Å². The van der Waals surface area contributed by atoms with E-state index in [4.69, 9.17) is 9.72 Å². The Bertz CT molecular complexity index is 1290. The summed E-state index contributed by atoms with van der Waals surface area (Å²) < 4.78 is 21.0. The Morgan fingerprint density at radius 3 is 2.91 bits per heavy atom. The SMILES string of the molecule is Cc1nc2ccc(C(=O)N3CCOC(c4cccc(Cc5ccccc5F)n4)C3)cc2s1. The lowest BCUT2D eigenvalue weighted by Crippen LogP contribution is -2.42. The zero-order valence-corrected chi connectivity index (χ0v) is 18.4. The number of aromatic nitrogens is 2. The van der Waals surface area contributed by atoms with Crippen LogP contribution in [0.5, 0.6) is 0 Å². The number of thiazole rings is 1. The number of ether oxygens (including phenoxy) is 1. The smallest absolute Gasteiger partial charge is 0.254 e. The molecule has 1 aliphatic heterocycles. The topological polar surface area (TPSA) is 55.3 Å². The van der Waals surface area contributed by atoms with Crippen LogP contribution in [0.3, 0.4) is 0 Å². The van der Waals surface area contributed by atoms with Gasteiger partial charge in [-0.15, -0.1) is 11.3 Å². The van der Waals surface area contributed by atoms with Gasteiger partial charge in [-0.05, 0) is 48.9 Å². The van der Waals surface area contributed by atoms with Gasteiger partial charge in [-0.25, -0.2) is 9.37 Å². The van der Waals surface area contributed by atoms with Crippen molar-refractivity contribution in [2.75, 3.05) is 19.7 Å². The zero-order chi connectivity index (χ0) is 22.1. The Labute approximate surface area is 189 Å². The highest BCUT2D eigenvalue weighted by Crippen LogP contribution is 2.26. The Morgan fingerprint density at radius 1 is 1.16 bits per heavy atom. The lowest BCUT2D eigenvalue weighted by Gasteiger charge is -2.33. The van der Waals surface area contributed by atoms with Crippen LogP contribution in [-0.4, -0.2) is 40.5 Å². The molecule has 162 valence electrons. The fourth-order valence-corrected chi connectivity index (χ4v) is 4.85. The first kappa shape index (κ1) is 20.7. The molecule has 2 aromatic carbocycles. The predicted molar refractivity (Wildman–Crippen MR) is 122 cm³/mol. The molecule has 5 rings (SSSR count). The van der Waals surface area contributed by atoms with E-state index in [9.17, 15) is 9.18 Å². The molecule has 1 saturated heterocycles. The summed E-state index contributed by atoms with van der Waals surface area (Å²) in [6, 6.07) is 18.1. The molecule has 32 heavy (non-hydrogen) atoms. The number of halogens is 1. The molecular weight excluding hydrogens is 425 g/mol. The van der Waals surface area contributed by atoms with Gasteiger partial charge in [0.1, 0.15) is 11.9 Å². The molecule has 1 amide bonds. The number of fused-ring (bicyclic) bond motifs is 1. The molecule has 1 aliphatic rings. The number of hydrogen-bond acceptors (Lipinski definition) is 5. The zero-order valence-electron chi connectivity index (χ0n) is 17.6. The van der Waals surface area contributed by atoms with Crippen LogP contribution in [0, 0.1) is 12.7 Å². The van der Waals surface area contributed by atoms with Gasteiger partial charge in [-0.3, -0.25) is 9.78 Å². The van der Waals surface area contributed by atoms with Crippen molar-refractivity contribution in [2.24, 2.45) is 0 Å². The van der Waals surface area contributed by atoms with Crippen molar-refractivity contribution in [1.29, 1.82) is 0 Å². The molecule has 0 aliphatic carbocycles. The minimum absolute atomic E-state index is 0.0197. The lowest BCUT2D eigenvalue weighted by atomic mass is 10.1. The quantitative estimate of drug-likeness (QED) is 0.445. The summed E-state index contributed by atoms with van der Waals surface area (Å²) in [5.74, 6) is -0.257. The van der Waals surface area contributed by atoms with Gasteiger partial charge in [0.2, 0.25) is 0 Å². The van der Waals surface area contributed by atoms with Crippen molar-refractivity contribution >= 4 is 27.5 Å². The van der Waals surface area contributed by atoms with E-state index in [0.717, 1.165) is 26.6 Å². The largest absolute Gasteiger partial charge is 0.368 e. The number of carbonyl (C=O) groups excluding carboxylic acids is 1. The number of hydrogen-bond donors (Lipinski definition) is 0. The second-order valence-electron chi connectivity index (χ2n) is 7.85. The maximum Gasteiger partial charge on any atom is 0.254 e. The second-order valence-corrected chi connectivity index (χ2v) is 9.08. The van der Waals surface area contributed by atoms with E-state index in [1.54, 1.807) is 23.5 Å². The predicted octanol–water partition coefficient (Wildman–Crippen LogP) is 4.94. The highest BCUT2D eigenvalue weighted by molar-refractivity contribution is 7.18. The van der Waals surface area contributed by atoms with Gasteiger partial charge < -0.3 is 9.64 Å². The standard InChI is InChI=1S/C25H22FN3O2S/c1-16-27-22-10-9-18(14-24(22)32-16)25(30)29-11-12-31-23(15-29)21-8-4-6-19(28-21)13-17-5-2-3-7-20(17)26/h2-10,14,23H,11-13,15H2,1H3. The summed E-state index contributed by atoms with van der Waals surface area (Å²) >= 11 is 1.59. The number of nitrogens with zero attached hydrogens (tertiary/aromatic N) is 3. The Hall–Kier alpha value is -3.16. The van der Waals surface area contributed by atoms with E-state index >= 15 is 0 Å². The molecule has 1 atom stereocenters. The number of amides is 1. The molecule has 1 fully saturated rings. The number of morpholine rings is 1. The minimum atomic E-state index is -0.317. The second kappa shape index (κ2) is 8.76. The van der Waals surface area contributed by atoms with Gasteiger partial charge in [-0.2, -0.15) is 0 Å². The van der Waals surface area contributed by atoms with Crippen LogP contribution in [-0.2, 0) is 11.2 Å². The number of pyridine rings is 1. The monoisotopic (exact) mass is 447 g/mol. The van der Waals surface area contributed by atoms with Crippen LogP contribution in [0.15, 0.2) is 60.7 Å². The lowest BCUT2D eigenvalue weighted by molar-refractivity contribution is -0.0247. The van der Waals surface area contributed by atoms with Crippen molar-refractivity contribution in [1.82, 2.24) is 14.9 Å². The van der Waals surface area contributed by atoms with Crippen molar-refractivity contribution < 1.29 is 13.9 Å². The molecule has 0 N–H and O–H groups in total. The van der Waals surface area contributed by atoms with Crippen molar-refractivity contribution in [3.05, 3.63) is 94.0 Å². The first-order chi connectivity index (χ1) is 15.6. The summed E-state index contributed by atoms with van der Waals surface area (Å²) in [4.78, 5) is 24.1. The van der Waals surface area contributed by atoms with Gasteiger partial charge in [0, 0.05) is 24.2 Å². The molecule has 0 radical (unpaired) electrons. The van der Waals surface area contributed by atoms with E-state index in [0.29, 0.717) is 37.2 Å². The highest BCUT2D eigenvalue weighted by atomic mass is 32.1. The molecular formula is C25H22FN3O2S. The molecule has 7 heteroatoms. The number of aryl methyl sites for hydroxylation is 1. The molecule has 0 saturated carbocycles. The maximum absolute atomic E-state index is 14.0. The van der Waals surface area contributed by atoms with E-state index < -0.39 is 0 Å². The number of rotatable bonds is 4.